The van der Waals surface area contributed by atoms with Crippen LogP contribution in [0.5, 0.6) is 0 Å². The van der Waals surface area contributed by atoms with Crippen molar-refractivity contribution in [2.75, 3.05) is 19.8 Å². The molecule has 0 fully saturated rings. The van der Waals surface area contributed by atoms with Gasteiger partial charge in [0.15, 0.2) is 9.76 Å². The van der Waals surface area contributed by atoms with Gasteiger partial charge in [0, 0.05) is 13.2 Å². The van der Waals surface area contributed by atoms with Gasteiger partial charge in [-0.25, -0.2) is 0 Å². The molecule has 28 heavy (non-hydrogen) atoms. The summed E-state index contributed by atoms with van der Waals surface area (Å²) in [6.07, 6.45) is 18.2. The molecule has 158 valence electrons. The Balaban J connectivity index is 2.39. The first-order valence-corrected chi connectivity index (χ1v) is 12.5. The zero-order valence-electron chi connectivity index (χ0n) is 19.1. The monoisotopic (exact) mass is 402 g/mol. The van der Waals surface area contributed by atoms with Gasteiger partial charge in [-0.05, 0) is 70.4 Å². The first kappa shape index (κ1) is 24.9. The van der Waals surface area contributed by atoms with E-state index < -0.39 is 0 Å². The van der Waals surface area contributed by atoms with Gasteiger partial charge in [0.25, 0.3) is 0 Å². The Labute approximate surface area is 176 Å². The first-order valence-electron chi connectivity index (χ1n) is 10.9. The van der Waals surface area contributed by atoms with Crippen LogP contribution in [-0.2, 0) is 9.16 Å². The Bertz CT molecular complexity index is 606. The van der Waals surface area contributed by atoms with Crippen molar-refractivity contribution in [2.24, 2.45) is 5.41 Å². The molecule has 1 aliphatic carbocycles. The van der Waals surface area contributed by atoms with E-state index in [4.69, 9.17) is 9.16 Å². The summed E-state index contributed by atoms with van der Waals surface area (Å²) < 4.78 is 11.1. The van der Waals surface area contributed by atoms with E-state index in [1.807, 2.05) is 0 Å². The molecule has 1 rings (SSSR count). The summed E-state index contributed by atoms with van der Waals surface area (Å²) in [5.41, 5.74) is 5.89. The van der Waals surface area contributed by atoms with Gasteiger partial charge in [-0.15, -0.1) is 0 Å². The minimum atomic E-state index is -0.300. The van der Waals surface area contributed by atoms with E-state index in [1.54, 1.807) is 5.57 Å². The van der Waals surface area contributed by atoms with Gasteiger partial charge in [0.2, 0.25) is 0 Å². The number of hydrogen-bond donors (Lipinski definition) is 0. The standard InChI is InChI=1S/C25H42O2Si/c1-7-27-28-20-10-18-26-19-16-22(3)12-8-11-21(2)14-15-24-23(4)13-9-17-25(24,5)6/h8,11-12,14-16H,7,9-10,13,17-20,28H2,1-6H3/b12-8+,15-14+,21-11+,22-16+. The largest absolute Gasteiger partial charge is 0.424 e. The van der Waals surface area contributed by atoms with Gasteiger partial charge in [0.1, 0.15) is 0 Å². The molecule has 1 aliphatic rings. The molecule has 0 aromatic carbocycles. The maximum absolute atomic E-state index is 5.67. The van der Waals surface area contributed by atoms with Crippen LogP contribution in [0.15, 0.2) is 58.7 Å². The first-order chi connectivity index (χ1) is 13.4. The van der Waals surface area contributed by atoms with Gasteiger partial charge in [-0.2, -0.15) is 0 Å². The summed E-state index contributed by atoms with van der Waals surface area (Å²) in [6.45, 7) is 15.8. The maximum atomic E-state index is 5.67. The van der Waals surface area contributed by atoms with E-state index >= 15 is 0 Å². The van der Waals surface area contributed by atoms with Crippen molar-refractivity contribution in [3.05, 3.63) is 58.7 Å². The number of rotatable bonds is 12. The van der Waals surface area contributed by atoms with Crippen molar-refractivity contribution in [3.8, 4) is 0 Å². The highest BCUT2D eigenvalue weighted by molar-refractivity contribution is 6.26. The molecule has 0 unspecified atom stereocenters. The fourth-order valence-corrected chi connectivity index (χ4v) is 4.43. The molecule has 2 nitrogen and oxygen atoms in total. The summed E-state index contributed by atoms with van der Waals surface area (Å²) in [4.78, 5) is 0. The fraction of sp³-hybridized carbons (Fsp3) is 0.600. The van der Waals surface area contributed by atoms with Crippen molar-refractivity contribution < 1.29 is 9.16 Å². The molecular weight excluding hydrogens is 360 g/mol. The normalized spacial score (nSPS) is 19.1. The highest BCUT2D eigenvalue weighted by Crippen LogP contribution is 2.40. The van der Waals surface area contributed by atoms with Crippen LogP contribution in [0.3, 0.4) is 0 Å². The van der Waals surface area contributed by atoms with Crippen molar-refractivity contribution >= 4 is 9.76 Å². The molecule has 0 radical (unpaired) electrons. The van der Waals surface area contributed by atoms with Crippen molar-refractivity contribution in [3.63, 3.8) is 0 Å². The quantitative estimate of drug-likeness (QED) is 0.212. The van der Waals surface area contributed by atoms with Crippen molar-refractivity contribution in [1.82, 2.24) is 0 Å². The van der Waals surface area contributed by atoms with Crippen LogP contribution >= 0.6 is 0 Å². The fourth-order valence-electron chi connectivity index (χ4n) is 3.53. The van der Waals surface area contributed by atoms with E-state index in [0.29, 0.717) is 12.0 Å². The lowest BCUT2D eigenvalue weighted by Gasteiger charge is -2.32. The van der Waals surface area contributed by atoms with Gasteiger partial charge < -0.3 is 9.16 Å². The van der Waals surface area contributed by atoms with Gasteiger partial charge in [-0.3, -0.25) is 0 Å². The minimum Gasteiger partial charge on any atom is -0.424 e. The van der Waals surface area contributed by atoms with Gasteiger partial charge in [0.05, 0.1) is 6.61 Å². The van der Waals surface area contributed by atoms with Crippen LogP contribution in [0.2, 0.25) is 6.04 Å². The molecule has 0 heterocycles. The molecule has 0 saturated heterocycles. The number of hydrogen-bond acceptors (Lipinski definition) is 2. The molecule has 0 amide bonds. The zero-order valence-corrected chi connectivity index (χ0v) is 20.6. The second-order valence-electron chi connectivity index (χ2n) is 8.46. The number of ether oxygens (including phenoxy) is 1. The third-order valence-electron chi connectivity index (χ3n) is 5.33. The summed E-state index contributed by atoms with van der Waals surface area (Å²) in [5, 5.41) is 0. The lowest BCUT2D eigenvalue weighted by atomic mass is 9.72. The maximum Gasteiger partial charge on any atom is 0.161 e. The second-order valence-corrected chi connectivity index (χ2v) is 9.99. The minimum absolute atomic E-state index is 0.300. The molecule has 0 aliphatic heterocycles. The average Bonchev–Trinajstić information content (AvgIpc) is 2.63. The molecule has 0 saturated carbocycles. The lowest BCUT2D eigenvalue weighted by molar-refractivity contribution is 0.162. The molecule has 0 spiro atoms. The highest BCUT2D eigenvalue weighted by Gasteiger charge is 2.26. The van der Waals surface area contributed by atoms with Crippen LogP contribution in [0, 0.1) is 5.41 Å². The van der Waals surface area contributed by atoms with E-state index in [0.717, 1.165) is 19.6 Å². The van der Waals surface area contributed by atoms with Crippen molar-refractivity contribution in [2.45, 2.75) is 73.3 Å². The smallest absolute Gasteiger partial charge is 0.161 e. The SMILES string of the molecule is CCO[SiH2]CCCOC/C=C(C)/C=C/C=C(C)/C=C/C1=C(C)CCCC1(C)C. The topological polar surface area (TPSA) is 18.5 Å². The third-order valence-corrected chi connectivity index (χ3v) is 6.81. The van der Waals surface area contributed by atoms with Gasteiger partial charge in [-0.1, -0.05) is 67.0 Å². The molecule has 0 aromatic heterocycles. The molecular formula is C25H42O2Si. The summed E-state index contributed by atoms with van der Waals surface area (Å²) in [5.74, 6) is 0. The molecule has 0 aromatic rings. The number of allylic oxidation sites excluding steroid dienone is 9. The van der Waals surface area contributed by atoms with Crippen LogP contribution in [-0.4, -0.2) is 29.6 Å². The van der Waals surface area contributed by atoms with Crippen molar-refractivity contribution in [1.29, 1.82) is 0 Å². The van der Waals surface area contributed by atoms with Crippen LogP contribution in [0.4, 0.5) is 0 Å². The predicted molar refractivity (Wildman–Crippen MR) is 127 cm³/mol. The molecule has 0 N–H and O–H groups in total. The Morgan fingerprint density at radius 1 is 1.18 bits per heavy atom. The summed E-state index contributed by atoms with van der Waals surface area (Å²) in [7, 11) is -0.300. The van der Waals surface area contributed by atoms with E-state index in [1.165, 1.54) is 42.0 Å². The second kappa shape index (κ2) is 13.9. The van der Waals surface area contributed by atoms with E-state index in [-0.39, 0.29) is 9.76 Å². The third kappa shape index (κ3) is 10.4. The Kier molecular flexibility index (Phi) is 12.4. The van der Waals surface area contributed by atoms with Crippen LogP contribution in [0.25, 0.3) is 0 Å². The zero-order chi connectivity index (χ0) is 20.8. The summed E-state index contributed by atoms with van der Waals surface area (Å²) >= 11 is 0. The molecule has 0 atom stereocenters. The van der Waals surface area contributed by atoms with E-state index in [2.05, 4.69) is 78.0 Å². The molecule has 0 bridgehead atoms. The van der Waals surface area contributed by atoms with Crippen LogP contribution in [0.1, 0.15) is 67.2 Å². The average molecular weight is 403 g/mol. The predicted octanol–water partition coefficient (Wildman–Crippen LogP) is 6.46. The molecule has 3 heteroatoms. The Hall–Kier alpha value is -1.16. The Morgan fingerprint density at radius 3 is 2.68 bits per heavy atom. The van der Waals surface area contributed by atoms with E-state index in [9.17, 15) is 0 Å². The Morgan fingerprint density at radius 2 is 1.96 bits per heavy atom. The highest BCUT2D eigenvalue weighted by atomic mass is 28.2. The van der Waals surface area contributed by atoms with Gasteiger partial charge >= 0.3 is 0 Å². The lowest BCUT2D eigenvalue weighted by Crippen LogP contribution is -2.19. The van der Waals surface area contributed by atoms with Crippen LogP contribution < -0.4 is 0 Å². The summed E-state index contributed by atoms with van der Waals surface area (Å²) in [6, 6.07) is 1.21.